The summed E-state index contributed by atoms with van der Waals surface area (Å²) in [6, 6.07) is 0.0340. The smallest absolute Gasteiger partial charge is 0.326 e. The van der Waals surface area contributed by atoms with Gasteiger partial charge >= 0.3 is 5.97 Å². The Labute approximate surface area is 89.8 Å². The summed E-state index contributed by atoms with van der Waals surface area (Å²) < 4.78 is 0. The van der Waals surface area contributed by atoms with Crippen molar-refractivity contribution in [1.82, 2.24) is 15.5 Å². The van der Waals surface area contributed by atoms with Crippen LogP contribution in [-0.4, -0.2) is 39.1 Å². The second-order valence-electron chi connectivity index (χ2n) is 3.01. The van der Waals surface area contributed by atoms with Crippen molar-refractivity contribution in [2.75, 3.05) is 0 Å². The first-order chi connectivity index (χ1) is 7.50. The van der Waals surface area contributed by atoms with E-state index >= 15 is 0 Å². The van der Waals surface area contributed by atoms with Crippen molar-refractivity contribution in [3.8, 4) is 0 Å². The predicted molar refractivity (Wildman–Crippen MR) is 51.3 cm³/mol. The second kappa shape index (κ2) is 4.91. The molecule has 2 amide bonds. The maximum absolute atomic E-state index is 11.4. The summed E-state index contributed by atoms with van der Waals surface area (Å²) in [5.41, 5.74) is 4.96. The van der Waals surface area contributed by atoms with Crippen LogP contribution in [0.3, 0.4) is 0 Å². The fraction of sp³-hybridized carbons (Fsp3) is 0.250. The lowest BCUT2D eigenvalue weighted by molar-refractivity contribution is -0.140. The minimum atomic E-state index is -1.34. The minimum absolute atomic E-state index is 0.107. The number of aromatic amines is 1. The molecular formula is C8H10N4O4. The standard InChI is InChI=1S/C8H10N4O4/c9-6(13)3-5(8(15)16)11-7(14)4-1-2-10-12-4/h1-2,5H,3H2,(H2,9,13)(H,10,12)(H,11,14)(H,15,16)/t5-/m1/s1. The lowest BCUT2D eigenvalue weighted by Gasteiger charge is -2.11. The molecule has 0 saturated carbocycles. The van der Waals surface area contributed by atoms with Gasteiger partial charge in [-0.3, -0.25) is 14.7 Å². The second-order valence-corrected chi connectivity index (χ2v) is 3.01. The summed E-state index contributed by atoms with van der Waals surface area (Å²) in [4.78, 5) is 32.7. The van der Waals surface area contributed by atoms with Crippen LogP contribution >= 0.6 is 0 Å². The van der Waals surface area contributed by atoms with Crippen LogP contribution in [0.1, 0.15) is 16.9 Å². The van der Waals surface area contributed by atoms with Crippen LogP contribution in [-0.2, 0) is 9.59 Å². The number of carboxylic acids is 1. The van der Waals surface area contributed by atoms with E-state index < -0.39 is 30.2 Å². The molecule has 0 fully saturated rings. The van der Waals surface area contributed by atoms with Crippen LogP contribution in [0.25, 0.3) is 0 Å². The zero-order valence-corrected chi connectivity index (χ0v) is 8.14. The van der Waals surface area contributed by atoms with Crippen molar-refractivity contribution in [2.24, 2.45) is 5.73 Å². The number of hydrogen-bond donors (Lipinski definition) is 4. The lowest BCUT2D eigenvalue weighted by atomic mass is 10.2. The van der Waals surface area contributed by atoms with Crippen molar-refractivity contribution in [3.05, 3.63) is 18.0 Å². The van der Waals surface area contributed by atoms with Gasteiger partial charge in [-0.25, -0.2) is 4.79 Å². The van der Waals surface area contributed by atoms with Crippen LogP contribution in [0.4, 0.5) is 0 Å². The number of H-pyrrole nitrogens is 1. The predicted octanol–water partition coefficient (Wildman–Crippen LogP) is -1.53. The van der Waals surface area contributed by atoms with Gasteiger partial charge in [0.1, 0.15) is 11.7 Å². The van der Waals surface area contributed by atoms with Crippen molar-refractivity contribution in [3.63, 3.8) is 0 Å². The molecule has 1 atom stereocenters. The first-order valence-corrected chi connectivity index (χ1v) is 4.32. The number of carboxylic acid groups (broad SMARTS) is 1. The monoisotopic (exact) mass is 226 g/mol. The molecule has 0 radical (unpaired) electrons. The number of nitrogens with zero attached hydrogens (tertiary/aromatic N) is 1. The Morgan fingerprint density at radius 2 is 2.25 bits per heavy atom. The van der Waals surface area contributed by atoms with E-state index in [-0.39, 0.29) is 5.69 Å². The molecule has 0 unspecified atom stereocenters. The van der Waals surface area contributed by atoms with Gasteiger partial charge < -0.3 is 16.2 Å². The van der Waals surface area contributed by atoms with E-state index in [1.807, 2.05) is 0 Å². The van der Waals surface area contributed by atoms with Gasteiger partial charge in [-0.2, -0.15) is 5.10 Å². The molecule has 8 heteroatoms. The number of aliphatic carboxylic acids is 1. The Morgan fingerprint density at radius 3 is 2.69 bits per heavy atom. The number of primary amides is 1. The Morgan fingerprint density at radius 1 is 1.56 bits per heavy atom. The van der Waals surface area contributed by atoms with Crippen LogP contribution in [0.15, 0.2) is 12.3 Å². The molecule has 0 aromatic carbocycles. The van der Waals surface area contributed by atoms with Crippen molar-refractivity contribution < 1.29 is 19.5 Å². The molecule has 1 rings (SSSR count). The highest BCUT2D eigenvalue weighted by Crippen LogP contribution is 1.96. The molecule has 0 saturated heterocycles. The molecule has 16 heavy (non-hydrogen) atoms. The molecule has 0 aliphatic carbocycles. The normalized spacial score (nSPS) is 11.8. The first kappa shape index (κ1) is 11.7. The molecule has 1 aromatic rings. The average Bonchev–Trinajstić information content (AvgIpc) is 2.68. The molecule has 0 spiro atoms. The fourth-order valence-corrected chi connectivity index (χ4v) is 1.02. The number of aromatic nitrogens is 2. The van der Waals surface area contributed by atoms with Crippen LogP contribution in [0.5, 0.6) is 0 Å². The zero-order valence-electron chi connectivity index (χ0n) is 8.14. The number of nitrogens with one attached hydrogen (secondary N) is 2. The SMILES string of the molecule is NC(=O)C[C@@H](NC(=O)c1ccn[nH]1)C(=O)O. The van der Waals surface area contributed by atoms with E-state index in [0.29, 0.717) is 0 Å². The topological polar surface area (TPSA) is 138 Å². The molecule has 8 nitrogen and oxygen atoms in total. The molecule has 1 heterocycles. The van der Waals surface area contributed by atoms with Gasteiger partial charge in [0.25, 0.3) is 5.91 Å². The number of amides is 2. The summed E-state index contributed by atoms with van der Waals surface area (Å²) in [5, 5.41) is 16.8. The maximum atomic E-state index is 11.4. The van der Waals surface area contributed by atoms with Crippen LogP contribution in [0.2, 0.25) is 0 Å². The van der Waals surface area contributed by atoms with Crippen LogP contribution < -0.4 is 11.1 Å². The van der Waals surface area contributed by atoms with Crippen molar-refractivity contribution >= 4 is 17.8 Å². The summed E-state index contributed by atoms with van der Waals surface area (Å²) >= 11 is 0. The van der Waals surface area contributed by atoms with Gasteiger partial charge in [-0.1, -0.05) is 0 Å². The largest absolute Gasteiger partial charge is 0.480 e. The molecule has 1 aromatic heterocycles. The summed E-state index contributed by atoms with van der Waals surface area (Å²) in [5.74, 6) is -2.80. The molecule has 86 valence electrons. The van der Waals surface area contributed by atoms with E-state index in [4.69, 9.17) is 10.8 Å². The highest BCUT2D eigenvalue weighted by molar-refractivity contribution is 5.96. The number of rotatable bonds is 5. The van der Waals surface area contributed by atoms with Crippen molar-refractivity contribution in [1.29, 1.82) is 0 Å². The summed E-state index contributed by atoms with van der Waals surface area (Å²) in [7, 11) is 0. The van der Waals surface area contributed by atoms with Gasteiger partial charge in [-0.15, -0.1) is 0 Å². The quantitative estimate of drug-likeness (QED) is 0.482. The highest BCUT2D eigenvalue weighted by atomic mass is 16.4. The Balaban J connectivity index is 2.65. The number of hydrogen-bond acceptors (Lipinski definition) is 4. The van der Waals surface area contributed by atoms with E-state index in [1.165, 1.54) is 12.3 Å². The number of nitrogens with two attached hydrogens (primary N) is 1. The molecule has 0 aliphatic heterocycles. The maximum Gasteiger partial charge on any atom is 0.326 e. The van der Waals surface area contributed by atoms with Crippen molar-refractivity contribution in [2.45, 2.75) is 12.5 Å². The lowest BCUT2D eigenvalue weighted by Crippen LogP contribution is -2.43. The van der Waals surface area contributed by atoms with Gasteiger partial charge in [-0.05, 0) is 6.07 Å². The van der Waals surface area contributed by atoms with Gasteiger partial charge in [0.15, 0.2) is 0 Å². The number of carbonyl (C=O) groups is 3. The third kappa shape index (κ3) is 3.08. The minimum Gasteiger partial charge on any atom is -0.480 e. The molecule has 0 aliphatic rings. The molecule has 0 bridgehead atoms. The van der Waals surface area contributed by atoms with Crippen LogP contribution in [0, 0.1) is 0 Å². The fourth-order valence-electron chi connectivity index (χ4n) is 1.02. The van der Waals surface area contributed by atoms with Gasteiger partial charge in [0.05, 0.1) is 6.42 Å². The van der Waals surface area contributed by atoms with E-state index in [2.05, 4.69) is 15.5 Å². The Hall–Kier alpha value is -2.38. The van der Waals surface area contributed by atoms with E-state index in [0.717, 1.165) is 0 Å². The number of carbonyl (C=O) groups excluding carboxylic acids is 2. The zero-order chi connectivity index (χ0) is 12.1. The summed E-state index contributed by atoms with van der Waals surface area (Å²) in [6.07, 6.45) is 0.883. The Kier molecular flexibility index (Phi) is 3.59. The van der Waals surface area contributed by atoms with Gasteiger partial charge in [0.2, 0.25) is 5.91 Å². The molecule has 5 N–H and O–H groups in total. The third-order valence-electron chi connectivity index (χ3n) is 1.75. The van der Waals surface area contributed by atoms with Gasteiger partial charge in [0, 0.05) is 6.20 Å². The average molecular weight is 226 g/mol. The highest BCUT2D eigenvalue weighted by Gasteiger charge is 2.22. The van der Waals surface area contributed by atoms with E-state index in [1.54, 1.807) is 0 Å². The molecular weight excluding hydrogens is 216 g/mol. The summed E-state index contributed by atoms with van der Waals surface area (Å²) in [6.45, 7) is 0. The Bertz CT molecular complexity index is 400. The third-order valence-corrected chi connectivity index (χ3v) is 1.75. The van der Waals surface area contributed by atoms with E-state index in [9.17, 15) is 14.4 Å². The first-order valence-electron chi connectivity index (χ1n) is 4.32.